The van der Waals surface area contributed by atoms with Gasteiger partial charge in [0.15, 0.2) is 0 Å². The molecule has 5 heteroatoms. The van der Waals surface area contributed by atoms with E-state index in [9.17, 15) is 18.3 Å². The topological polar surface area (TPSA) is 46.2 Å². The van der Waals surface area contributed by atoms with Crippen molar-refractivity contribution in [3.8, 4) is 0 Å². The standard InChI is InChI=1S/C12H22F3NO/c13-12(14,15)9-6-10(16)11(17)7-4-2-1-3-5-8-11/h10,17H,1-9,16H2. The zero-order valence-corrected chi connectivity index (χ0v) is 10.1. The zero-order chi connectivity index (χ0) is 12.9. The van der Waals surface area contributed by atoms with Crippen LogP contribution in [0.15, 0.2) is 0 Å². The summed E-state index contributed by atoms with van der Waals surface area (Å²) in [6.07, 6.45) is 0.729. The molecular formula is C12H22F3NO. The average molecular weight is 253 g/mol. The fourth-order valence-electron chi connectivity index (χ4n) is 2.48. The number of aliphatic hydroxyl groups is 1. The predicted octanol–water partition coefficient (Wildman–Crippen LogP) is 3.13. The second-order valence-corrected chi connectivity index (χ2v) is 5.13. The normalized spacial score (nSPS) is 23.8. The Hall–Kier alpha value is -0.290. The van der Waals surface area contributed by atoms with Gasteiger partial charge in [-0.25, -0.2) is 0 Å². The lowest BCUT2D eigenvalue weighted by Crippen LogP contribution is -2.48. The molecule has 1 fully saturated rings. The Balaban J connectivity index is 2.48. The molecule has 0 aromatic carbocycles. The molecule has 0 saturated heterocycles. The first-order chi connectivity index (χ1) is 7.83. The van der Waals surface area contributed by atoms with Crippen molar-refractivity contribution >= 4 is 0 Å². The van der Waals surface area contributed by atoms with E-state index in [0.717, 1.165) is 32.1 Å². The summed E-state index contributed by atoms with van der Waals surface area (Å²) in [6.45, 7) is 0. The monoisotopic (exact) mass is 253 g/mol. The molecule has 1 aliphatic carbocycles. The SMILES string of the molecule is NC(CCC(F)(F)F)C1(O)CCCCCCC1. The third-order valence-electron chi connectivity index (χ3n) is 3.65. The van der Waals surface area contributed by atoms with Crippen molar-refractivity contribution in [3.63, 3.8) is 0 Å². The number of alkyl halides is 3. The molecule has 1 aliphatic rings. The summed E-state index contributed by atoms with van der Waals surface area (Å²) in [6, 6.07) is -0.762. The average Bonchev–Trinajstić information content (AvgIpc) is 2.19. The fraction of sp³-hybridized carbons (Fsp3) is 1.00. The second-order valence-electron chi connectivity index (χ2n) is 5.13. The van der Waals surface area contributed by atoms with E-state index >= 15 is 0 Å². The molecule has 2 nitrogen and oxygen atoms in total. The van der Waals surface area contributed by atoms with Gasteiger partial charge in [-0.05, 0) is 19.3 Å². The summed E-state index contributed by atoms with van der Waals surface area (Å²) in [4.78, 5) is 0. The minimum atomic E-state index is -4.18. The lowest BCUT2D eigenvalue weighted by Gasteiger charge is -2.35. The first kappa shape index (κ1) is 14.8. The minimum absolute atomic E-state index is 0.181. The third-order valence-corrected chi connectivity index (χ3v) is 3.65. The summed E-state index contributed by atoms with van der Waals surface area (Å²) in [7, 11) is 0. The van der Waals surface area contributed by atoms with Gasteiger partial charge >= 0.3 is 6.18 Å². The maximum Gasteiger partial charge on any atom is 0.389 e. The molecule has 0 aliphatic heterocycles. The maximum absolute atomic E-state index is 12.1. The van der Waals surface area contributed by atoms with E-state index < -0.39 is 24.2 Å². The number of nitrogens with two attached hydrogens (primary N) is 1. The second kappa shape index (κ2) is 6.05. The largest absolute Gasteiger partial charge is 0.389 e. The van der Waals surface area contributed by atoms with Crippen LogP contribution in [0.1, 0.15) is 57.8 Å². The van der Waals surface area contributed by atoms with Gasteiger partial charge in [-0.15, -0.1) is 0 Å². The van der Waals surface area contributed by atoms with E-state index in [1.54, 1.807) is 0 Å². The van der Waals surface area contributed by atoms with E-state index in [1.807, 2.05) is 0 Å². The van der Waals surface area contributed by atoms with Crippen LogP contribution in [0.25, 0.3) is 0 Å². The molecule has 17 heavy (non-hydrogen) atoms. The fourth-order valence-corrected chi connectivity index (χ4v) is 2.48. The number of hydrogen-bond acceptors (Lipinski definition) is 2. The van der Waals surface area contributed by atoms with Gasteiger partial charge in [-0.1, -0.05) is 32.1 Å². The van der Waals surface area contributed by atoms with Gasteiger partial charge in [-0.3, -0.25) is 0 Å². The van der Waals surface area contributed by atoms with Gasteiger partial charge in [0, 0.05) is 12.5 Å². The molecule has 0 amide bonds. The van der Waals surface area contributed by atoms with Crippen LogP contribution in [0.5, 0.6) is 0 Å². The zero-order valence-electron chi connectivity index (χ0n) is 10.1. The third kappa shape index (κ3) is 5.25. The maximum atomic E-state index is 12.1. The van der Waals surface area contributed by atoms with Gasteiger partial charge in [0.2, 0.25) is 0 Å². The Morgan fingerprint density at radius 3 is 2.00 bits per heavy atom. The van der Waals surface area contributed by atoms with Crippen LogP contribution in [-0.4, -0.2) is 22.9 Å². The molecular weight excluding hydrogens is 231 g/mol. The van der Waals surface area contributed by atoms with Gasteiger partial charge < -0.3 is 10.8 Å². The quantitative estimate of drug-likeness (QED) is 0.811. The van der Waals surface area contributed by atoms with E-state index in [1.165, 1.54) is 0 Å². The highest BCUT2D eigenvalue weighted by Gasteiger charge is 2.37. The van der Waals surface area contributed by atoms with Crippen molar-refractivity contribution < 1.29 is 18.3 Å². The highest BCUT2D eigenvalue weighted by Crippen LogP contribution is 2.32. The predicted molar refractivity (Wildman–Crippen MR) is 60.5 cm³/mol. The summed E-state index contributed by atoms with van der Waals surface area (Å²) in [5, 5.41) is 10.3. The molecule has 0 aromatic rings. The summed E-state index contributed by atoms with van der Waals surface area (Å²) in [5.41, 5.74) is 4.67. The van der Waals surface area contributed by atoms with Crippen LogP contribution in [0.4, 0.5) is 13.2 Å². The Morgan fingerprint density at radius 2 is 1.53 bits per heavy atom. The first-order valence-corrected chi connectivity index (χ1v) is 6.38. The molecule has 3 N–H and O–H groups in total. The molecule has 1 unspecified atom stereocenters. The number of halogens is 3. The number of rotatable bonds is 3. The van der Waals surface area contributed by atoms with Crippen LogP contribution < -0.4 is 5.73 Å². The van der Waals surface area contributed by atoms with Gasteiger partial charge in [-0.2, -0.15) is 13.2 Å². The van der Waals surface area contributed by atoms with Crippen LogP contribution in [0.3, 0.4) is 0 Å². The lowest BCUT2D eigenvalue weighted by molar-refractivity contribution is -0.140. The molecule has 0 spiro atoms. The van der Waals surface area contributed by atoms with Gasteiger partial charge in [0.05, 0.1) is 5.60 Å². The Labute approximate surface area is 100 Å². The van der Waals surface area contributed by atoms with Crippen molar-refractivity contribution in [3.05, 3.63) is 0 Å². The van der Waals surface area contributed by atoms with Crippen LogP contribution in [-0.2, 0) is 0 Å². The Bertz CT molecular complexity index is 222. The van der Waals surface area contributed by atoms with Crippen LogP contribution in [0, 0.1) is 0 Å². The molecule has 0 heterocycles. The van der Waals surface area contributed by atoms with Crippen molar-refractivity contribution in [2.45, 2.75) is 75.6 Å². The summed E-state index contributed by atoms with van der Waals surface area (Å²) in [5.74, 6) is 0. The Morgan fingerprint density at radius 1 is 1.06 bits per heavy atom. The summed E-state index contributed by atoms with van der Waals surface area (Å²) >= 11 is 0. The first-order valence-electron chi connectivity index (χ1n) is 6.38. The molecule has 0 aromatic heterocycles. The summed E-state index contributed by atoms with van der Waals surface area (Å²) < 4.78 is 36.3. The lowest BCUT2D eigenvalue weighted by atomic mass is 9.80. The Kier molecular flexibility index (Phi) is 5.25. The van der Waals surface area contributed by atoms with Gasteiger partial charge in [0.25, 0.3) is 0 Å². The van der Waals surface area contributed by atoms with E-state index in [4.69, 9.17) is 5.73 Å². The highest BCUT2D eigenvalue weighted by molar-refractivity contribution is 4.90. The van der Waals surface area contributed by atoms with Crippen LogP contribution >= 0.6 is 0 Å². The van der Waals surface area contributed by atoms with Crippen molar-refractivity contribution in [2.75, 3.05) is 0 Å². The molecule has 0 radical (unpaired) electrons. The molecule has 1 saturated carbocycles. The van der Waals surface area contributed by atoms with E-state index in [2.05, 4.69) is 0 Å². The van der Waals surface area contributed by atoms with Crippen molar-refractivity contribution in [1.29, 1.82) is 0 Å². The van der Waals surface area contributed by atoms with Gasteiger partial charge in [0.1, 0.15) is 0 Å². The molecule has 102 valence electrons. The van der Waals surface area contributed by atoms with E-state index in [0.29, 0.717) is 12.8 Å². The molecule has 0 bridgehead atoms. The number of hydrogen-bond donors (Lipinski definition) is 2. The van der Waals surface area contributed by atoms with Crippen molar-refractivity contribution in [2.24, 2.45) is 5.73 Å². The molecule has 1 rings (SSSR count). The molecule has 1 atom stereocenters. The highest BCUT2D eigenvalue weighted by atomic mass is 19.4. The smallest absolute Gasteiger partial charge is 0.388 e. The van der Waals surface area contributed by atoms with E-state index in [-0.39, 0.29) is 6.42 Å². The minimum Gasteiger partial charge on any atom is -0.388 e. The van der Waals surface area contributed by atoms with Crippen molar-refractivity contribution in [1.82, 2.24) is 0 Å². The van der Waals surface area contributed by atoms with Crippen LogP contribution in [0.2, 0.25) is 0 Å².